The van der Waals surface area contributed by atoms with Gasteiger partial charge in [0.2, 0.25) is 5.91 Å². The Morgan fingerprint density at radius 2 is 2.25 bits per heavy atom. The summed E-state index contributed by atoms with van der Waals surface area (Å²) in [5, 5.41) is 6.88. The topological polar surface area (TPSA) is 58.4 Å². The van der Waals surface area contributed by atoms with E-state index in [1.54, 1.807) is 0 Å². The highest BCUT2D eigenvalue weighted by Crippen LogP contribution is 2.22. The molecule has 5 heteroatoms. The summed E-state index contributed by atoms with van der Waals surface area (Å²) in [4.78, 5) is 14.8. The molecule has 0 aromatic carbocycles. The first-order chi connectivity index (χ1) is 9.63. The van der Waals surface area contributed by atoms with E-state index in [4.69, 9.17) is 4.52 Å². The van der Waals surface area contributed by atoms with Crippen LogP contribution in [-0.2, 0) is 4.79 Å². The summed E-state index contributed by atoms with van der Waals surface area (Å²) in [6, 6.07) is -0.0102. The van der Waals surface area contributed by atoms with Crippen molar-refractivity contribution in [2.24, 2.45) is 0 Å². The van der Waals surface area contributed by atoms with E-state index >= 15 is 0 Å². The second kappa shape index (κ2) is 6.88. The summed E-state index contributed by atoms with van der Waals surface area (Å²) in [5.41, 5.74) is 1.47. The summed E-state index contributed by atoms with van der Waals surface area (Å²) < 4.78 is 5.10. The summed E-state index contributed by atoms with van der Waals surface area (Å²) >= 11 is 0. The second-order valence-electron chi connectivity index (χ2n) is 5.59. The van der Waals surface area contributed by atoms with Crippen molar-refractivity contribution in [2.75, 3.05) is 18.4 Å². The number of unbranched alkanes of at least 4 members (excludes halogenated alkanes) is 1. The third-order valence-electron chi connectivity index (χ3n) is 4.00. The Labute approximate surface area is 120 Å². The first-order valence-electron chi connectivity index (χ1n) is 7.61. The van der Waals surface area contributed by atoms with Crippen LogP contribution in [0.3, 0.4) is 0 Å². The van der Waals surface area contributed by atoms with Crippen molar-refractivity contribution in [1.29, 1.82) is 0 Å². The van der Waals surface area contributed by atoms with Gasteiger partial charge in [0.05, 0.1) is 6.04 Å². The smallest absolute Gasteiger partial charge is 0.241 e. The van der Waals surface area contributed by atoms with Gasteiger partial charge in [-0.15, -0.1) is 0 Å². The van der Waals surface area contributed by atoms with Gasteiger partial charge in [-0.1, -0.05) is 24.9 Å². The molecule has 0 spiro atoms. The SMILES string of the molecule is CCCCN1CCCC[C@H]1C(=O)Nc1c(C)noc1C. The van der Waals surface area contributed by atoms with E-state index < -0.39 is 0 Å². The molecule has 1 aromatic heterocycles. The molecule has 1 aliphatic rings. The Kier molecular flexibility index (Phi) is 5.17. The van der Waals surface area contributed by atoms with Crippen molar-refractivity contribution >= 4 is 11.6 Å². The number of aryl methyl sites for hydroxylation is 2. The monoisotopic (exact) mass is 279 g/mol. The summed E-state index contributed by atoms with van der Waals surface area (Å²) in [6.07, 6.45) is 5.57. The molecule has 1 N–H and O–H groups in total. The molecule has 0 bridgehead atoms. The van der Waals surface area contributed by atoms with Crippen molar-refractivity contribution in [3.63, 3.8) is 0 Å². The maximum absolute atomic E-state index is 12.5. The highest BCUT2D eigenvalue weighted by molar-refractivity contribution is 5.95. The van der Waals surface area contributed by atoms with Crippen LogP contribution in [0.2, 0.25) is 0 Å². The molecule has 5 nitrogen and oxygen atoms in total. The molecule has 112 valence electrons. The molecule has 1 amide bonds. The Hall–Kier alpha value is -1.36. The number of carbonyl (C=O) groups excluding carboxylic acids is 1. The molecule has 0 saturated carbocycles. The van der Waals surface area contributed by atoms with Gasteiger partial charge >= 0.3 is 0 Å². The number of rotatable bonds is 5. The highest BCUT2D eigenvalue weighted by Gasteiger charge is 2.29. The van der Waals surface area contributed by atoms with Gasteiger partial charge in [-0.3, -0.25) is 9.69 Å². The van der Waals surface area contributed by atoms with Gasteiger partial charge < -0.3 is 9.84 Å². The molecule has 20 heavy (non-hydrogen) atoms. The van der Waals surface area contributed by atoms with E-state index in [0.29, 0.717) is 5.76 Å². The van der Waals surface area contributed by atoms with Crippen LogP contribution in [0, 0.1) is 13.8 Å². The number of likely N-dealkylation sites (tertiary alicyclic amines) is 1. The molecule has 1 saturated heterocycles. The molecule has 1 atom stereocenters. The number of amides is 1. The number of anilines is 1. The van der Waals surface area contributed by atoms with Crippen molar-refractivity contribution < 1.29 is 9.32 Å². The van der Waals surface area contributed by atoms with Gasteiger partial charge in [0.15, 0.2) is 5.76 Å². The number of nitrogens with zero attached hydrogens (tertiary/aromatic N) is 2. The standard InChI is InChI=1S/C15H25N3O2/c1-4-5-9-18-10-7-6-8-13(18)15(19)16-14-11(2)17-20-12(14)3/h13H,4-10H2,1-3H3,(H,16,19)/t13-/m0/s1. The van der Waals surface area contributed by atoms with Crippen LogP contribution in [0.25, 0.3) is 0 Å². The summed E-state index contributed by atoms with van der Waals surface area (Å²) in [5.74, 6) is 0.752. The van der Waals surface area contributed by atoms with Crippen LogP contribution in [0.4, 0.5) is 5.69 Å². The second-order valence-corrected chi connectivity index (χ2v) is 5.59. The lowest BCUT2D eigenvalue weighted by atomic mass is 10.0. The normalized spacial score (nSPS) is 20.1. The van der Waals surface area contributed by atoms with Crippen molar-refractivity contribution in [2.45, 2.75) is 58.9 Å². The number of hydrogen-bond donors (Lipinski definition) is 1. The first kappa shape index (κ1) is 15.0. The minimum Gasteiger partial charge on any atom is -0.359 e. The van der Waals surface area contributed by atoms with Gasteiger partial charge in [0, 0.05) is 0 Å². The number of piperidine rings is 1. The Balaban J connectivity index is 2.02. The Morgan fingerprint density at radius 1 is 1.45 bits per heavy atom. The molecule has 0 unspecified atom stereocenters. The quantitative estimate of drug-likeness (QED) is 0.900. The highest BCUT2D eigenvalue weighted by atomic mass is 16.5. The fraction of sp³-hybridized carbons (Fsp3) is 0.733. The molecule has 0 radical (unpaired) electrons. The number of hydrogen-bond acceptors (Lipinski definition) is 4. The third kappa shape index (κ3) is 3.39. The zero-order valence-electron chi connectivity index (χ0n) is 12.7. The first-order valence-corrected chi connectivity index (χ1v) is 7.61. The molecule has 2 heterocycles. The lowest BCUT2D eigenvalue weighted by molar-refractivity contribution is -0.122. The third-order valence-corrected chi connectivity index (χ3v) is 4.00. The zero-order valence-corrected chi connectivity index (χ0v) is 12.7. The lowest BCUT2D eigenvalue weighted by Gasteiger charge is -2.34. The van der Waals surface area contributed by atoms with E-state index in [-0.39, 0.29) is 11.9 Å². The van der Waals surface area contributed by atoms with E-state index in [1.807, 2.05) is 13.8 Å². The van der Waals surface area contributed by atoms with Crippen molar-refractivity contribution in [3.05, 3.63) is 11.5 Å². The molecule has 2 rings (SSSR count). The van der Waals surface area contributed by atoms with E-state index in [9.17, 15) is 4.79 Å². The number of carbonyl (C=O) groups is 1. The lowest BCUT2D eigenvalue weighted by Crippen LogP contribution is -2.47. The number of aromatic nitrogens is 1. The largest absolute Gasteiger partial charge is 0.359 e. The van der Waals surface area contributed by atoms with Crippen LogP contribution in [0.5, 0.6) is 0 Å². The zero-order chi connectivity index (χ0) is 14.5. The maximum atomic E-state index is 12.5. The predicted molar refractivity (Wildman–Crippen MR) is 78.7 cm³/mol. The van der Waals surface area contributed by atoms with E-state index in [2.05, 4.69) is 22.3 Å². The molecule has 0 aliphatic carbocycles. The van der Waals surface area contributed by atoms with E-state index in [0.717, 1.165) is 50.2 Å². The van der Waals surface area contributed by atoms with E-state index in [1.165, 1.54) is 6.42 Å². The Bertz CT molecular complexity index is 436. The number of nitrogens with one attached hydrogen (secondary N) is 1. The summed E-state index contributed by atoms with van der Waals surface area (Å²) in [6.45, 7) is 7.89. The van der Waals surface area contributed by atoms with Crippen LogP contribution < -0.4 is 5.32 Å². The van der Waals surface area contributed by atoms with Gasteiger partial charge in [-0.2, -0.15) is 0 Å². The van der Waals surface area contributed by atoms with Crippen LogP contribution in [-0.4, -0.2) is 35.1 Å². The fourth-order valence-corrected chi connectivity index (χ4v) is 2.78. The molecule has 1 aromatic rings. The molecular formula is C15H25N3O2. The van der Waals surface area contributed by atoms with Crippen LogP contribution >= 0.6 is 0 Å². The average Bonchev–Trinajstić information content (AvgIpc) is 2.77. The Morgan fingerprint density at radius 3 is 2.90 bits per heavy atom. The van der Waals surface area contributed by atoms with Crippen molar-refractivity contribution in [1.82, 2.24) is 10.1 Å². The minimum atomic E-state index is -0.0102. The van der Waals surface area contributed by atoms with Gasteiger partial charge in [-0.05, 0) is 46.2 Å². The van der Waals surface area contributed by atoms with Gasteiger partial charge in [-0.25, -0.2) is 0 Å². The molecular weight excluding hydrogens is 254 g/mol. The van der Waals surface area contributed by atoms with Gasteiger partial charge in [0.1, 0.15) is 11.4 Å². The predicted octanol–water partition coefficient (Wildman–Crippen LogP) is 2.88. The van der Waals surface area contributed by atoms with Crippen molar-refractivity contribution in [3.8, 4) is 0 Å². The van der Waals surface area contributed by atoms with Gasteiger partial charge in [0.25, 0.3) is 0 Å². The maximum Gasteiger partial charge on any atom is 0.241 e. The van der Waals surface area contributed by atoms with Crippen LogP contribution in [0.15, 0.2) is 4.52 Å². The molecule has 1 aliphatic heterocycles. The van der Waals surface area contributed by atoms with Crippen LogP contribution in [0.1, 0.15) is 50.5 Å². The fourth-order valence-electron chi connectivity index (χ4n) is 2.78. The summed E-state index contributed by atoms with van der Waals surface area (Å²) in [7, 11) is 0. The molecule has 1 fully saturated rings. The minimum absolute atomic E-state index is 0.0102. The average molecular weight is 279 g/mol.